The fraction of sp³-hybridized carbons (Fsp3) is 0.476. The minimum atomic E-state index is -1.48. The molecule has 0 spiro atoms. The van der Waals surface area contributed by atoms with Crippen molar-refractivity contribution in [2.45, 2.75) is 56.5 Å². The highest BCUT2D eigenvalue weighted by atomic mass is 32.1. The molecule has 0 heterocycles. The average molecular weight is 514 g/mol. The summed E-state index contributed by atoms with van der Waals surface area (Å²) in [6, 6.07) is 0.697. The molecule has 0 saturated carbocycles. The first kappa shape index (κ1) is 29.7. The number of aliphatic carboxylic acids is 1. The van der Waals surface area contributed by atoms with Gasteiger partial charge in [-0.2, -0.15) is 12.6 Å². The molecule has 1 aromatic carbocycles. The molecule has 10 N–H and O–H groups in total. The molecule has 0 aliphatic heterocycles. The number of amides is 4. The summed E-state index contributed by atoms with van der Waals surface area (Å²) in [7, 11) is 0. The molecule has 0 aliphatic carbocycles. The van der Waals surface area contributed by atoms with Crippen LogP contribution in [-0.2, 0) is 30.4 Å². The van der Waals surface area contributed by atoms with E-state index in [0.29, 0.717) is 5.56 Å². The van der Waals surface area contributed by atoms with Crippen LogP contribution in [0.15, 0.2) is 24.3 Å². The average Bonchev–Trinajstić information content (AvgIpc) is 2.78. The van der Waals surface area contributed by atoms with Gasteiger partial charge in [0.25, 0.3) is 0 Å². The molecule has 0 radical (unpaired) electrons. The summed E-state index contributed by atoms with van der Waals surface area (Å²) in [5.41, 5.74) is 11.5. The SMILES string of the molecule is CC(O)C(NC(=O)C(N)Cc1ccc(O)cc1)C(=O)NC(CS)C(=O)NC(CCC(N)=O)C(=O)O. The van der Waals surface area contributed by atoms with Gasteiger partial charge in [-0.05, 0) is 37.5 Å². The van der Waals surface area contributed by atoms with Gasteiger partial charge in [0, 0.05) is 12.2 Å². The number of phenolic OH excluding ortho intramolecular Hbond substituents is 1. The highest BCUT2D eigenvalue weighted by Crippen LogP contribution is 2.11. The fourth-order valence-electron chi connectivity index (χ4n) is 2.92. The lowest BCUT2D eigenvalue weighted by atomic mass is 10.0. The van der Waals surface area contributed by atoms with Gasteiger partial charge in [0.2, 0.25) is 23.6 Å². The third-order valence-corrected chi connectivity index (χ3v) is 5.27. The van der Waals surface area contributed by atoms with Crippen LogP contribution in [0.2, 0.25) is 0 Å². The number of nitrogens with two attached hydrogens (primary N) is 2. The summed E-state index contributed by atoms with van der Waals surface area (Å²) in [6.45, 7) is 1.25. The van der Waals surface area contributed by atoms with Gasteiger partial charge in [0.05, 0.1) is 12.1 Å². The largest absolute Gasteiger partial charge is 0.508 e. The van der Waals surface area contributed by atoms with Crippen molar-refractivity contribution in [1.29, 1.82) is 0 Å². The number of carbonyl (C=O) groups excluding carboxylic acids is 4. The maximum absolute atomic E-state index is 12.7. The molecule has 0 aromatic heterocycles. The number of phenols is 1. The number of benzene rings is 1. The second-order valence-electron chi connectivity index (χ2n) is 7.85. The normalized spacial score (nSPS) is 15.1. The zero-order chi connectivity index (χ0) is 26.7. The Hall–Kier alpha value is -3.36. The Bertz CT molecular complexity index is 911. The number of hydrogen-bond acceptors (Lipinski definition) is 9. The molecule has 0 fully saturated rings. The van der Waals surface area contributed by atoms with Crippen molar-refractivity contribution in [2.75, 3.05) is 5.75 Å². The van der Waals surface area contributed by atoms with Gasteiger partial charge in [0.1, 0.15) is 23.9 Å². The number of primary amides is 1. The minimum absolute atomic E-state index is 0.0444. The molecule has 5 atom stereocenters. The predicted octanol–water partition coefficient (Wildman–Crippen LogP) is -2.62. The van der Waals surface area contributed by atoms with Crippen LogP contribution in [0.5, 0.6) is 5.75 Å². The maximum Gasteiger partial charge on any atom is 0.326 e. The molecule has 0 saturated heterocycles. The summed E-state index contributed by atoms with van der Waals surface area (Å²) in [5, 5.41) is 35.4. The fourth-order valence-corrected chi connectivity index (χ4v) is 3.17. The molecule has 4 amide bonds. The number of rotatable bonds is 14. The van der Waals surface area contributed by atoms with Gasteiger partial charge in [-0.25, -0.2) is 4.79 Å². The van der Waals surface area contributed by atoms with Crippen LogP contribution < -0.4 is 27.4 Å². The highest BCUT2D eigenvalue weighted by molar-refractivity contribution is 7.80. The first-order valence-electron chi connectivity index (χ1n) is 10.6. The van der Waals surface area contributed by atoms with Crippen molar-refractivity contribution < 1.29 is 39.3 Å². The van der Waals surface area contributed by atoms with Crippen LogP contribution in [0.4, 0.5) is 0 Å². The van der Waals surface area contributed by atoms with E-state index in [-0.39, 0.29) is 30.8 Å². The van der Waals surface area contributed by atoms with E-state index in [4.69, 9.17) is 11.5 Å². The predicted molar refractivity (Wildman–Crippen MR) is 127 cm³/mol. The first-order chi connectivity index (χ1) is 16.3. The number of hydrogen-bond donors (Lipinski definition) is 9. The van der Waals surface area contributed by atoms with E-state index in [9.17, 15) is 39.3 Å². The molecule has 14 heteroatoms. The van der Waals surface area contributed by atoms with Crippen LogP contribution >= 0.6 is 12.6 Å². The quantitative estimate of drug-likeness (QED) is 0.118. The van der Waals surface area contributed by atoms with Gasteiger partial charge >= 0.3 is 5.97 Å². The van der Waals surface area contributed by atoms with Gasteiger partial charge in [-0.1, -0.05) is 12.1 Å². The van der Waals surface area contributed by atoms with Gasteiger partial charge in [-0.15, -0.1) is 0 Å². The molecule has 0 aliphatic rings. The molecular formula is C21H31N5O8S. The Morgan fingerprint density at radius 1 is 0.971 bits per heavy atom. The monoisotopic (exact) mass is 513 g/mol. The van der Waals surface area contributed by atoms with Crippen molar-refractivity contribution in [2.24, 2.45) is 11.5 Å². The van der Waals surface area contributed by atoms with E-state index < -0.39 is 59.9 Å². The molecule has 13 nitrogen and oxygen atoms in total. The van der Waals surface area contributed by atoms with Crippen molar-refractivity contribution in [3.63, 3.8) is 0 Å². The zero-order valence-electron chi connectivity index (χ0n) is 19.0. The van der Waals surface area contributed by atoms with Crippen LogP contribution in [0.1, 0.15) is 25.3 Å². The van der Waals surface area contributed by atoms with Crippen molar-refractivity contribution in [3.05, 3.63) is 29.8 Å². The number of aromatic hydroxyl groups is 1. The van der Waals surface area contributed by atoms with E-state index in [1.54, 1.807) is 12.1 Å². The Morgan fingerprint density at radius 2 is 1.54 bits per heavy atom. The molecule has 35 heavy (non-hydrogen) atoms. The standard InChI is InChI=1S/C21H31N5O8S/c1-10(27)17(26-18(30)13(22)8-11-2-4-12(28)5-3-11)20(32)25-15(9-35)19(31)24-14(21(33)34)6-7-16(23)29/h2-5,10,13-15,17,27-28,35H,6-9,22H2,1H3,(H2,23,29)(H,24,31)(H,25,32)(H,26,30)(H,33,34). The van der Waals surface area contributed by atoms with Crippen molar-refractivity contribution in [1.82, 2.24) is 16.0 Å². The highest BCUT2D eigenvalue weighted by Gasteiger charge is 2.32. The lowest BCUT2D eigenvalue weighted by molar-refractivity contribution is -0.142. The van der Waals surface area contributed by atoms with E-state index >= 15 is 0 Å². The summed E-state index contributed by atoms with van der Waals surface area (Å²) in [6.07, 6.45) is -1.82. The van der Waals surface area contributed by atoms with E-state index in [2.05, 4.69) is 28.6 Å². The van der Waals surface area contributed by atoms with Crippen LogP contribution in [-0.4, -0.2) is 80.9 Å². The second-order valence-corrected chi connectivity index (χ2v) is 8.22. The number of thiol groups is 1. The topological polar surface area (TPSA) is 234 Å². The number of aliphatic hydroxyl groups excluding tert-OH is 1. The number of carbonyl (C=O) groups is 5. The number of aliphatic hydroxyl groups is 1. The summed E-state index contributed by atoms with van der Waals surface area (Å²) >= 11 is 3.99. The Kier molecular flexibility index (Phi) is 12.0. The maximum atomic E-state index is 12.7. The molecule has 0 bridgehead atoms. The minimum Gasteiger partial charge on any atom is -0.508 e. The molecule has 5 unspecified atom stereocenters. The third kappa shape index (κ3) is 10.2. The number of carboxylic acid groups (broad SMARTS) is 1. The zero-order valence-corrected chi connectivity index (χ0v) is 19.9. The van der Waals surface area contributed by atoms with E-state index in [0.717, 1.165) is 0 Å². The first-order valence-corrected chi connectivity index (χ1v) is 11.2. The van der Waals surface area contributed by atoms with Crippen LogP contribution in [0, 0.1) is 0 Å². The smallest absolute Gasteiger partial charge is 0.326 e. The van der Waals surface area contributed by atoms with Crippen LogP contribution in [0.3, 0.4) is 0 Å². The van der Waals surface area contributed by atoms with Gasteiger partial charge < -0.3 is 42.7 Å². The van der Waals surface area contributed by atoms with Crippen molar-refractivity contribution in [3.8, 4) is 5.75 Å². The summed E-state index contributed by atoms with van der Waals surface area (Å²) < 4.78 is 0. The lowest BCUT2D eigenvalue weighted by Crippen LogP contribution is -2.60. The second kappa shape index (κ2) is 14.1. The lowest BCUT2D eigenvalue weighted by Gasteiger charge is -2.25. The van der Waals surface area contributed by atoms with Gasteiger partial charge in [-0.3, -0.25) is 19.2 Å². The Morgan fingerprint density at radius 3 is 2.03 bits per heavy atom. The van der Waals surface area contributed by atoms with E-state index in [1.807, 2.05) is 0 Å². The molecular weight excluding hydrogens is 482 g/mol. The van der Waals surface area contributed by atoms with E-state index in [1.165, 1.54) is 19.1 Å². The molecule has 1 aromatic rings. The number of nitrogens with one attached hydrogen (secondary N) is 3. The number of carboxylic acids is 1. The van der Waals surface area contributed by atoms with Gasteiger partial charge in [0.15, 0.2) is 0 Å². The van der Waals surface area contributed by atoms with Crippen molar-refractivity contribution >= 4 is 42.2 Å². The summed E-state index contributed by atoms with van der Waals surface area (Å²) in [5.74, 6) is -4.91. The molecule has 194 valence electrons. The molecule has 1 rings (SSSR count). The Labute approximate surface area is 207 Å². The van der Waals surface area contributed by atoms with Crippen LogP contribution in [0.25, 0.3) is 0 Å². The third-order valence-electron chi connectivity index (χ3n) is 4.90. The Balaban J connectivity index is 2.80. The summed E-state index contributed by atoms with van der Waals surface area (Å²) in [4.78, 5) is 59.9.